The van der Waals surface area contributed by atoms with Crippen LogP contribution in [0.15, 0.2) is 36.5 Å². The maximum atomic E-state index is 12.8. The predicted molar refractivity (Wildman–Crippen MR) is 102 cm³/mol. The highest BCUT2D eigenvalue weighted by molar-refractivity contribution is 6.31. The second-order valence-corrected chi connectivity index (χ2v) is 6.72. The first kappa shape index (κ1) is 22.5. The lowest BCUT2D eigenvalue weighted by molar-refractivity contribution is -0.137. The van der Waals surface area contributed by atoms with Gasteiger partial charge in [-0.15, -0.1) is 0 Å². The van der Waals surface area contributed by atoms with E-state index in [4.69, 9.17) is 16.3 Å². The first-order chi connectivity index (χ1) is 13.6. The Morgan fingerprint density at radius 3 is 2.59 bits per heavy atom. The van der Waals surface area contributed by atoms with Gasteiger partial charge in [-0.25, -0.2) is 4.98 Å². The Morgan fingerprint density at radius 1 is 1.21 bits per heavy atom. The third-order valence-electron chi connectivity index (χ3n) is 3.70. The summed E-state index contributed by atoms with van der Waals surface area (Å²) in [4.78, 5) is 27.9. The molecule has 6 nitrogen and oxygen atoms in total. The number of amides is 2. The molecule has 0 aliphatic heterocycles. The Balaban J connectivity index is 1.88. The van der Waals surface area contributed by atoms with Gasteiger partial charge in [0.1, 0.15) is 18.2 Å². The van der Waals surface area contributed by atoms with Gasteiger partial charge in [0.25, 0.3) is 5.91 Å². The van der Waals surface area contributed by atoms with Crippen LogP contribution in [-0.2, 0) is 11.0 Å². The van der Waals surface area contributed by atoms with Crippen LogP contribution in [0.5, 0.6) is 5.75 Å². The second-order valence-electron chi connectivity index (χ2n) is 6.32. The van der Waals surface area contributed by atoms with E-state index in [1.165, 1.54) is 24.4 Å². The number of pyridine rings is 1. The van der Waals surface area contributed by atoms with E-state index in [2.05, 4.69) is 15.6 Å². The van der Waals surface area contributed by atoms with E-state index in [1.807, 2.05) is 0 Å². The Kier molecular flexibility index (Phi) is 7.44. The van der Waals surface area contributed by atoms with E-state index < -0.39 is 22.7 Å². The van der Waals surface area contributed by atoms with Gasteiger partial charge >= 0.3 is 6.18 Å². The smallest absolute Gasteiger partial charge is 0.417 e. The predicted octanol–water partition coefficient (Wildman–Crippen LogP) is 4.16. The molecule has 0 unspecified atom stereocenters. The number of alkyl halides is 3. The molecule has 156 valence electrons. The molecule has 1 aromatic carbocycles. The van der Waals surface area contributed by atoms with Crippen LogP contribution < -0.4 is 15.4 Å². The lowest BCUT2D eigenvalue weighted by Gasteiger charge is -2.12. The van der Waals surface area contributed by atoms with Crippen LogP contribution in [0.25, 0.3) is 0 Å². The lowest BCUT2D eigenvalue weighted by atomic mass is 10.2. The van der Waals surface area contributed by atoms with Gasteiger partial charge in [0, 0.05) is 17.7 Å². The van der Waals surface area contributed by atoms with E-state index in [1.54, 1.807) is 13.8 Å². The molecule has 0 aliphatic carbocycles. The Hall–Kier alpha value is -2.81. The molecule has 0 saturated heterocycles. The van der Waals surface area contributed by atoms with Crippen molar-refractivity contribution < 1.29 is 27.5 Å². The third-order valence-corrected chi connectivity index (χ3v) is 4.03. The van der Waals surface area contributed by atoms with Crippen LogP contribution >= 0.6 is 11.6 Å². The number of hydrogen-bond donors (Lipinski definition) is 2. The number of carbonyl (C=O) groups is 2. The fourth-order valence-electron chi connectivity index (χ4n) is 2.16. The summed E-state index contributed by atoms with van der Waals surface area (Å²) in [5, 5.41) is 4.75. The summed E-state index contributed by atoms with van der Waals surface area (Å²) >= 11 is 5.55. The van der Waals surface area contributed by atoms with Crippen LogP contribution in [0.4, 0.5) is 19.0 Å². The normalized spacial score (nSPS) is 11.3. The molecule has 0 radical (unpaired) electrons. The Bertz CT molecular complexity index is 888. The van der Waals surface area contributed by atoms with E-state index in [-0.39, 0.29) is 42.1 Å². The number of benzene rings is 1. The van der Waals surface area contributed by atoms with Crippen molar-refractivity contribution in [3.63, 3.8) is 0 Å². The monoisotopic (exact) mass is 429 g/mol. The molecular formula is C19H19ClF3N3O3. The average Bonchev–Trinajstić information content (AvgIpc) is 2.65. The number of anilines is 1. The minimum Gasteiger partial charge on any atom is -0.492 e. The first-order valence-electron chi connectivity index (χ1n) is 8.62. The van der Waals surface area contributed by atoms with E-state index in [0.717, 1.165) is 12.1 Å². The van der Waals surface area contributed by atoms with Crippen LogP contribution in [0.2, 0.25) is 5.02 Å². The van der Waals surface area contributed by atoms with Crippen molar-refractivity contribution >= 4 is 29.2 Å². The van der Waals surface area contributed by atoms with Crippen LogP contribution in [0, 0.1) is 5.92 Å². The maximum Gasteiger partial charge on any atom is 0.417 e. The molecule has 10 heteroatoms. The minimum absolute atomic E-state index is 0.0152. The Labute approximate surface area is 170 Å². The van der Waals surface area contributed by atoms with Crippen molar-refractivity contribution in [2.24, 2.45) is 5.92 Å². The van der Waals surface area contributed by atoms with Gasteiger partial charge in [0.05, 0.1) is 17.1 Å². The molecule has 2 amide bonds. The summed E-state index contributed by atoms with van der Waals surface area (Å²) in [7, 11) is 0. The van der Waals surface area contributed by atoms with Crippen molar-refractivity contribution in [2.75, 3.05) is 18.5 Å². The Morgan fingerprint density at radius 2 is 1.93 bits per heavy atom. The molecule has 2 aromatic rings. The number of carbonyl (C=O) groups excluding carboxylic acids is 2. The molecule has 2 N–H and O–H groups in total. The van der Waals surface area contributed by atoms with Gasteiger partial charge in [-0.3, -0.25) is 9.59 Å². The fraction of sp³-hybridized carbons (Fsp3) is 0.316. The average molecular weight is 430 g/mol. The maximum absolute atomic E-state index is 12.8. The molecule has 1 heterocycles. The molecule has 0 saturated carbocycles. The SMILES string of the molecule is CC(C)C(=O)Nc1cc(C(=O)NCCOc2ccc(Cl)c(C(F)(F)F)c2)ccn1. The van der Waals surface area contributed by atoms with Gasteiger partial charge in [0.15, 0.2) is 0 Å². The van der Waals surface area contributed by atoms with E-state index in [9.17, 15) is 22.8 Å². The highest BCUT2D eigenvalue weighted by Crippen LogP contribution is 2.36. The molecule has 29 heavy (non-hydrogen) atoms. The largest absolute Gasteiger partial charge is 0.492 e. The number of nitrogens with zero attached hydrogens (tertiary/aromatic N) is 1. The molecule has 0 spiro atoms. The summed E-state index contributed by atoms with van der Waals surface area (Å²) in [5.41, 5.74) is -0.724. The van der Waals surface area contributed by atoms with Crippen molar-refractivity contribution in [1.82, 2.24) is 10.3 Å². The topological polar surface area (TPSA) is 80.3 Å². The zero-order chi connectivity index (χ0) is 21.6. The summed E-state index contributed by atoms with van der Waals surface area (Å²) in [6.45, 7) is 3.46. The van der Waals surface area contributed by atoms with E-state index >= 15 is 0 Å². The van der Waals surface area contributed by atoms with Crippen molar-refractivity contribution in [1.29, 1.82) is 0 Å². The number of rotatable bonds is 7. The van der Waals surface area contributed by atoms with Gasteiger partial charge in [0.2, 0.25) is 5.91 Å². The minimum atomic E-state index is -4.59. The van der Waals surface area contributed by atoms with Crippen molar-refractivity contribution in [2.45, 2.75) is 20.0 Å². The first-order valence-corrected chi connectivity index (χ1v) is 9.00. The van der Waals surface area contributed by atoms with Crippen molar-refractivity contribution in [3.8, 4) is 5.75 Å². The van der Waals surface area contributed by atoms with Gasteiger partial charge < -0.3 is 15.4 Å². The molecular weight excluding hydrogens is 411 g/mol. The number of hydrogen-bond acceptors (Lipinski definition) is 4. The second kappa shape index (κ2) is 9.60. The fourth-order valence-corrected chi connectivity index (χ4v) is 2.38. The number of aromatic nitrogens is 1. The van der Waals surface area contributed by atoms with Crippen LogP contribution in [-0.4, -0.2) is 29.9 Å². The summed E-state index contributed by atoms with van der Waals surface area (Å²) in [6, 6.07) is 6.10. The lowest BCUT2D eigenvalue weighted by Crippen LogP contribution is -2.28. The number of halogens is 4. The molecule has 0 bridgehead atoms. The van der Waals surface area contributed by atoms with Crippen molar-refractivity contribution in [3.05, 3.63) is 52.7 Å². The zero-order valence-electron chi connectivity index (χ0n) is 15.6. The molecule has 1 aromatic heterocycles. The highest BCUT2D eigenvalue weighted by Gasteiger charge is 2.33. The van der Waals surface area contributed by atoms with E-state index in [0.29, 0.717) is 0 Å². The number of ether oxygens (including phenoxy) is 1. The van der Waals surface area contributed by atoms with Gasteiger partial charge in [-0.2, -0.15) is 13.2 Å². The summed E-state index contributed by atoms with van der Waals surface area (Å²) in [6.07, 6.45) is -3.21. The molecule has 0 aliphatic rings. The molecule has 0 fully saturated rings. The van der Waals surface area contributed by atoms with Crippen LogP contribution in [0.1, 0.15) is 29.8 Å². The third kappa shape index (κ3) is 6.63. The van der Waals surface area contributed by atoms with Crippen LogP contribution in [0.3, 0.4) is 0 Å². The van der Waals surface area contributed by atoms with Gasteiger partial charge in [-0.1, -0.05) is 25.4 Å². The highest BCUT2D eigenvalue weighted by atomic mass is 35.5. The summed E-state index contributed by atoms with van der Waals surface area (Å²) in [5.74, 6) is -0.683. The molecule has 0 atom stereocenters. The standard InChI is InChI=1S/C19H19ClF3N3O3/c1-11(2)17(27)26-16-9-12(5-6-24-16)18(28)25-7-8-29-13-3-4-15(20)14(10-13)19(21,22)23/h3-6,9-11H,7-8H2,1-2H3,(H,25,28)(H,24,26,27). The molecule has 2 rings (SSSR count). The quantitative estimate of drug-likeness (QED) is 0.648. The zero-order valence-corrected chi connectivity index (χ0v) is 16.4. The van der Waals surface area contributed by atoms with Gasteiger partial charge in [-0.05, 0) is 30.3 Å². The summed E-state index contributed by atoms with van der Waals surface area (Å²) < 4.78 is 43.8. The number of nitrogens with one attached hydrogen (secondary N) is 2.